The van der Waals surface area contributed by atoms with Gasteiger partial charge in [0.15, 0.2) is 0 Å². The molecular weight excluding hydrogens is 238 g/mol. The lowest BCUT2D eigenvalue weighted by Gasteiger charge is -2.36. The van der Waals surface area contributed by atoms with E-state index in [1.54, 1.807) is 18.2 Å². The Kier molecular flexibility index (Phi) is 3.05. The number of amides is 1. The highest BCUT2D eigenvalue weighted by molar-refractivity contribution is 6.31. The van der Waals surface area contributed by atoms with Gasteiger partial charge in [-0.2, -0.15) is 5.26 Å². The van der Waals surface area contributed by atoms with Gasteiger partial charge in [-0.3, -0.25) is 4.79 Å². The molecule has 1 fully saturated rings. The van der Waals surface area contributed by atoms with Crippen molar-refractivity contribution in [2.45, 2.75) is 24.8 Å². The van der Waals surface area contributed by atoms with Crippen molar-refractivity contribution in [3.05, 3.63) is 28.8 Å². The molecule has 0 aromatic heterocycles. The van der Waals surface area contributed by atoms with Crippen LogP contribution in [0.3, 0.4) is 0 Å². The second kappa shape index (κ2) is 4.36. The Balaban J connectivity index is 2.21. The number of halogens is 1. The standard InChI is InChI=1S/C12H12ClN3O/c13-9-3-2-8(7-14)10(6-9)16-11(17)12(15)4-1-5-12/h2-3,6H,1,4-5,15H2,(H,16,17). The first kappa shape index (κ1) is 11.9. The van der Waals surface area contributed by atoms with Crippen molar-refractivity contribution < 1.29 is 4.79 Å². The summed E-state index contributed by atoms with van der Waals surface area (Å²) >= 11 is 5.83. The Morgan fingerprint density at radius 1 is 1.53 bits per heavy atom. The number of rotatable bonds is 2. The number of anilines is 1. The third-order valence-corrected chi connectivity index (χ3v) is 3.28. The average Bonchev–Trinajstić information content (AvgIpc) is 2.26. The fraction of sp³-hybridized carbons (Fsp3) is 0.333. The Hall–Kier alpha value is -1.57. The minimum atomic E-state index is -0.783. The molecule has 17 heavy (non-hydrogen) atoms. The Labute approximate surface area is 104 Å². The molecule has 3 N–H and O–H groups in total. The number of nitrogens with one attached hydrogen (secondary N) is 1. The number of hydrogen-bond acceptors (Lipinski definition) is 3. The molecule has 0 radical (unpaired) electrons. The van der Waals surface area contributed by atoms with Crippen LogP contribution < -0.4 is 11.1 Å². The lowest BCUT2D eigenvalue weighted by molar-refractivity contribution is -0.123. The third kappa shape index (κ3) is 2.26. The SMILES string of the molecule is N#Cc1ccc(Cl)cc1NC(=O)C1(N)CCC1. The van der Waals surface area contributed by atoms with Crippen LogP contribution in [0.15, 0.2) is 18.2 Å². The van der Waals surface area contributed by atoms with E-state index >= 15 is 0 Å². The fourth-order valence-electron chi connectivity index (χ4n) is 1.75. The molecule has 4 nitrogen and oxygen atoms in total. The first-order valence-corrected chi connectivity index (χ1v) is 5.73. The van der Waals surface area contributed by atoms with Gasteiger partial charge in [-0.25, -0.2) is 0 Å². The third-order valence-electron chi connectivity index (χ3n) is 3.05. The first-order chi connectivity index (χ1) is 8.05. The maximum Gasteiger partial charge on any atom is 0.244 e. The number of nitriles is 1. The summed E-state index contributed by atoms with van der Waals surface area (Å²) in [6, 6.07) is 6.74. The summed E-state index contributed by atoms with van der Waals surface area (Å²) < 4.78 is 0. The summed E-state index contributed by atoms with van der Waals surface area (Å²) in [4.78, 5) is 11.9. The molecule has 2 rings (SSSR count). The molecule has 1 saturated carbocycles. The number of benzene rings is 1. The summed E-state index contributed by atoms with van der Waals surface area (Å²) in [7, 11) is 0. The van der Waals surface area contributed by atoms with Gasteiger partial charge in [-0.1, -0.05) is 11.6 Å². The Morgan fingerprint density at radius 2 is 2.24 bits per heavy atom. The van der Waals surface area contributed by atoms with Crippen molar-refractivity contribution in [2.75, 3.05) is 5.32 Å². The van der Waals surface area contributed by atoms with Crippen LogP contribution in [0.4, 0.5) is 5.69 Å². The topological polar surface area (TPSA) is 78.9 Å². The molecule has 0 aliphatic heterocycles. The van der Waals surface area contributed by atoms with Gasteiger partial charge in [0.2, 0.25) is 5.91 Å². The van der Waals surface area contributed by atoms with E-state index in [9.17, 15) is 4.79 Å². The second-order valence-electron chi connectivity index (χ2n) is 4.27. The van der Waals surface area contributed by atoms with E-state index in [0.717, 1.165) is 6.42 Å². The fourth-order valence-corrected chi connectivity index (χ4v) is 1.92. The average molecular weight is 250 g/mol. The molecule has 0 spiro atoms. The van der Waals surface area contributed by atoms with E-state index < -0.39 is 5.54 Å². The van der Waals surface area contributed by atoms with Gasteiger partial charge in [-0.05, 0) is 37.5 Å². The van der Waals surface area contributed by atoms with Crippen LogP contribution in [0.25, 0.3) is 0 Å². The summed E-state index contributed by atoms with van der Waals surface area (Å²) in [6.07, 6.45) is 2.33. The summed E-state index contributed by atoms with van der Waals surface area (Å²) in [5, 5.41) is 12.1. The van der Waals surface area contributed by atoms with Gasteiger partial charge < -0.3 is 11.1 Å². The molecule has 88 valence electrons. The van der Waals surface area contributed by atoms with Crippen LogP contribution in [-0.4, -0.2) is 11.4 Å². The Bertz CT molecular complexity index is 503. The van der Waals surface area contributed by atoms with Gasteiger partial charge in [0, 0.05) is 5.02 Å². The number of carbonyl (C=O) groups excluding carboxylic acids is 1. The molecule has 0 heterocycles. The van der Waals surface area contributed by atoms with E-state index in [0.29, 0.717) is 29.1 Å². The van der Waals surface area contributed by atoms with E-state index in [1.807, 2.05) is 6.07 Å². The zero-order valence-electron chi connectivity index (χ0n) is 9.16. The van der Waals surface area contributed by atoms with E-state index in [1.165, 1.54) is 0 Å². The smallest absolute Gasteiger partial charge is 0.244 e. The van der Waals surface area contributed by atoms with Crippen molar-refractivity contribution in [2.24, 2.45) is 5.73 Å². The van der Waals surface area contributed by atoms with Gasteiger partial charge >= 0.3 is 0 Å². The summed E-state index contributed by atoms with van der Waals surface area (Å²) in [5.41, 5.74) is 5.91. The van der Waals surface area contributed by atoms with Crippen molar-refractivity contribution in [3.63, 3.8) is 0 Å². The van der Waals surface area contributed by atoms with E-state index in [2.05, 4.69) is 5.32 Å². The van der Waals surface area contributed by atoms with Gasteiger partial charge in [-0.15, -0.1) is 0 Å². The van der Waals surface area contributed by atoms with Crippen LogP contribution >= 0.6 is 11.6 Å². The second-order valence-corrected chi connectivity index (χ2v) is 4.70. The van der Waals surface area contributed by atoms with Gasteiger partial charge in [0.25, 0.3) is 0 Å². The maximum atomic E-state index is 11.9. The molecule has 0 unspecified atom stereocenters. The molecule has 0 saturated heterocycles. The monoisotopic (exact) mass is 249 g/mol. The van der Waals surface area contributed by atoms with Crippen molar-refractivity contribution >= 4 is 23.2 Å². The van der Waals surface area contributed by atoms with Crippen molar-refractivity contribution in [3.8, 4) is 6.07 Å². The van der Waals surface area contributed by atoms with Crippen LogP contribution in [0.2, 0.25) is 5.02 Å². The predicted molar refractivity (Wildman–Crippen MR) is 65.6 cm³/mol. The molecule has 5 heteroatoms. The minimum Gasteiger partial charge on any atom is -0.323 e. The Morgan fingerprint density at radius 3 is 2.76 bits per heavy atom. The van der Waals surface area contributed by atoms with Gasteiger partial charge in [0.1, 0.15) is 6.07 Å². The van der Waals surface area contributed by atoms with Crippen LogP contribution in [-0.2, 0) is 4.79 Å². The van der Waals surface area contributed by atoms with Crippen LogP contribution in [0.5, 0.6) is 0 Å². The lowest BCUT2D eigenvalue weighted by Crippen LogP contribution is -2.56. The zero-order valence-corrected chi connectivity index (χ0v) is 9.92. The quantitative estimate of drug-likeness (QED) is 0.842. The minimum absolute atomic E-state index is 0.248. The highest BCUT2D eigenvalue weighted by Crippen LogP contribution is 2.31. The summed E-state index contributed by atoms with van der Waals surface area (Å²) in [6.45, 7) is 0. The number of hydrogen-bond donors (Lipinski definition) is 2. The summed E-state index contributed by atoms with van der Waals surface area (Å²) in [5.74, 6) is -0.248. The van der Waals surface area contributed by atoms with Crippen molar-refractivity contribution in [1.29, 1.82) is 5.26 Å². The number of carbonyl (C=O) groups is 1. The largest absolute Gasteiger partial charge is 0.323 e. The highest BCUT2D eigenvalue weighted by Gasteiger charge is 2.40. The molecule has 1 amide bonds. The first-order valence-electron chi connectivity index (χ1n) is 5.35. The van der Waals surface area contributed by atoms with Crippen LogP contribution in [0, 0.1) is 11.3 Å². The zero-order chi connectivity index (χ0) is 12.5. The maximum absolute atomic E-state index is 11.9. The number of nitrogens with zero attached hydrogens (tertiary/aromatic N) is 1. The molecule has 1 aromatic carbocycles. The molecule has 1 aromatic rings. The van der Waals surface area contributed by atoms with Crippen LogP contribution in [0.1, 0.15) is 24.8 Å². The molecular formula is C12H12ClN3O. The highest BCUT2D eigenvalue weighted by atomic mass is 35.5. The van der Waals surface area contributed by atoms with Gasteiger partial charge in [0.05, 0.1) is 16.8 Å². The van der Waals surface area contributed by atoms with Crippen molar-refractivity contribution in [1.82, 2.24) is 0 Å². The molecule has 0 atom stereocenters. The molecule has 1 aliphatic carbocycles. The molecule has 1 aliphatic rings. The predicted octanol–water partition coefficient (Wildman–Crippen LogP) is 2.03. The van der Waals surface area contributed by atoms with E-state index in [4.69, 9.17) is 22.6 Å². The van der Waals surface area contributed by atoms with E-state index in [-0.39, 0.29) is 5.91 Å². The lowest BCUT2D eigenvalue weighted by atomic mass is 9.77. The number of nitrogens with two attached hydrogens (primary N) is 1. The molecule has 0 bridgehead atoms. The normalized spacial score (nSPS) is 16.8.